The molecule has 1 heterocycles. The van der Waals surface area contributed by atoms with Gasteiger partial charge in [-0.15, -0.1) is 0 Å². The summed E-state index contributed by atoms with van der Waals surface area (Å²) in [5.74, 6) is 1.47. The van der Waals surface area contributed by atoms with Crippen LogP contribution in [-0.4, -0.2) is 23.0 Å². The second kappa shape index (κ2) is 7.96. The van der Waals surface area contributed by atoms with Gasteiger partial charge in [0.1, 0.15) is 11.6 Å². The average molecular weight is 371 g/mol. The van der Waals surface area contributed by atoms with Gasteiger partial charge in [0, 0.05) is 17.7 Å². The minimum Gasteiger partial charge on any atom is -0.497 e. The van der Waals surface area contributed by atoms with Crippen LogP contribution in [0.15, 0.2) is 72.8 Å². The van der Waals surface area contributed by atoms with E-state index in [0.29, 0.717) is 11.3 Å². The summed E-state index contributed by atoms with van der Waals surface area (Å²) in [5, 5.41) is 2.95. The molecule has 4 aromatic rings. The van der Waals surface area contributed by atoms with E-state index in [1.165, 1.54) is 0 Å². The number of nitrogens with zero attached hydrogens (tertiary/aromatic N) is 1. The number of anilines is 1. The summed E-state index contributed by atoms with van der Waals surface area (Å²) in [6, 6.07) is 23.0. The highest BCUT2D eigenvalue weighted by Gasteiger charge is 2.08. The van der Waals surface area contributed by atoms with Crippen molar-refractivity contribution in [2.75, 3.05) is 12.4 Å². The van der Waals surface area contributed by atoms with Crippen molar-refractivity contribution in [2.45, 2.75) is 12.8 Å². The van der Waals surface area contributed by atoms with Gasteiger partial charge in [0.15, 0.2) is 0 Å². The standard InChI is InChI=1S/C23H21N3O2/c1-28-19-9-5-7-17(15-19)23(27)24-18-8-4-6-16(14-18)12-13-22-25-20-10-2-3-11-21(20)26-22/h2-11,14-15H,12-13H2,1H3,(H,24,27)(H,25,26). The zero-order chi connectivity index (χ0) is 19.3. The van der Waals surface area contributed by atoms with Crippen LogP contribution in [0.2, 0.25) is 0 Å². The molecule has 0 saturated carbocycles. The number of aryl methyl sites for hydroxylation is 2. The first-order valence-electron chi connectivity index (χ1n) is 9.19. The lowest BCUT2D eigenvalue weighted by molar-refractivity contribution is 0.102. The lowest BCUT2D eigenvalue weighted by Crippen LogP contribution is -2.12. The summed E-state index contributed by atoms with van der Waals surface area (Å²) in [6.07, 6.45) is 1.64. The zero-order valence-corrected chi connectivity index (χ0v) is 15.6. The van der Waals surface area contributed by atoms with Crippen LogP contribution in [0.25, 0.3) is 11.0 Å². The smallest absolute Gasteiger partial charge is 0.255 e. The molecule has 0 unspecified atom stereocenters. The molecule has 0 fully saturated rings. The fourth-order valence-electron chi connectivity index (χ4n) is 3.16. The molecular weight excluding hydrogens is 350 g/mol. The number of nitrogens with one attached hydrogen (secondary N) is 2. The number of aromatic amines is 1. The van der Waals surface area contributed by atoms with E-state index >= 15 is 0 Å². The van der Waals surface area contributed by atoms with Crippen LogP contribution in [0.5, 0.6) is 5.75 Å². The molecule has 0 bridgehead atoms. The van der Waals surface area contributed by atoms with E-state index in [9.17, 15) is 4.79 Å². The van der Waals surface area contributed by atoms with Crippen molar-refractivity contribution in [3.05, 3.63) is 89.7 Å². The summed E-state index contributed by atoms with van der Waals surface area (Å²) < 4.78 is 5.18. The number of para-hydroxylation sites is 2. The van der Waals surface area contributed by atoms with Crippen LogP contribution in [-0.2, 0) is 12.8 Å². The number of carbonyl (C=O) groups is 1. The molecule has 28 heavy (non-hydrogen) atoms. The Morgan fingerprint density at radius 2 is 1.86 bits per heavy atom. The first-order valence-corrected chi connectivity index (χ1v) is 9.19. The van der Waals surface area contributed by atoms with Gasteiger partial charge >= 0.3 is 0 Å². The lowest BCUT2D eigenvalue weighted by Gasteiger charge is -2.08. The van der Waals surface area contributed by atoms with Gasteiger partial charge < -0.3 is 15.0 Å². The van der Waals surface area contributed by atoms with E-state index in [4.69, 9.17) is 4.74 Å². The lowest BCUT2D eigenvalue weighted by atomic mass is 10.1. The van der Waals surface area contributed by atoms with E-state index in [1.54, 1.807) is 25.3 Å². The summed E-state index contributed by atoms with van der Waals surface area (Å²) >= 11 is 0. The van der Waals surface area contributed by atoms with Gasteiger partial charge in [-0.05, 0) is 54.4 Å². The Bertz CT molecular complexity index is 1080. The molecular formula is C23H21N3O2. The number of ether oxygens (including phenoxy) is 1. The number of carbonyl (C=O) groups excluding carboxylic acids is 1. The van der Waals surface area contributed by atoms with Crippen LogP contribution in [0.4, 0.5) is 5.69 Å². The first kappa shape index (κ1) is 17.8. The van der Waals surface area contributed by atoms with Gasteiger partial charge in [-0.2, -0.15) is 0 Å². The third-order valence-electron chi connectivity index (χ3n) is 4.61. The number of amides is 1. The molecule has 2 N–H and O–H groups in total. The second-order valence-corrected chi connectivity index (χ2v) is 6.59. The Kier molecular flexibility index (Phi) is 5.06. The SMILES string of the molecule is COc1cccc(C(=O)Nc2cccc(CCc3nc4ccccc4[nH]3)c2)c1. The van der Waals surface area contributed by atoms with Crippen molar-refractivity contribution < 1.29 is 9.53 Å². The Morgan fingerprint density at radius 1 is 1.00 bits per heavy atom. The highest BCUT2D eigenvalue weighted by Crippen LogP contribution is 2.17. The van der Waals surface area contributed by atoms with Crippen molar-refractivity contribution in [3.63, 3.8) is 0 Å². The van der Waals surface area contributed by atoms with Gasteiger partial charge in [-0.25, -0.2) is 4.98 Å². The number of fused-ring (bicyclic) bond motifs is 1. The molecule has 140 valence electrons. The van der Waals surface area contributed by atoms with Crippen LogP contribution < -0.4 is 10.1 Å². The van der Waals surface area contributed by atoms with Crippen LogP contribution in [0.1, 0.15) is 21.7 Å². The molecule has 0 aliphatic carbocycles. The molecule has 5 heteroatoms. The fourth-order valence-corrected chi connectivity index (χ4v) is 3.16. The minimum absolute atomic E-state index is 0.159. The minimum atomic E-state index is -0.159. The summed E-state index contributed by atoms with van der Waals surface area (Å²) in [7, 11) is 1.59. The third kappa shape index (κ3) is 4.04. The topological polar surface area (TPSA) is 67.0 Å². The largest absolute Gasteiger partial charge is 0.497 e. The number of hydrogen-bond acceptors (Lipinski definition) is 3. The number of rotatable bonds is 6. The number of methoxy groups -OCH3 is 1. The van der Waals surface area contributed by atoms with E-state index < -0.39 is 0 Å². The van der Waals surface area contributed by atoms with Gasteiger partial charge in [0.05, 0.1) is 18.1 Å². The average Bonchev–Trinajstić information content (AvgIpc) is 3.15. The molecule has 5 nitrogen and oxygen atoms in total. The maximum Gasteiger partial charge on any atom is 0.255 e. The molecule has 0 spiro atoms. The number of H-pyrrole nitrogens is 1. The van der Waals surface area contributed by atoms with Crippen LogP contribution in [0.3, 0.4) is 0 Å². The highest BCUT2D eigenvalue weighted by atomic mass is 16.5. The van der Waals surface area contributed by atoms with E-state index in [-0.39, 0.29) is 5.91 Å². The number of imidazole rings is 1. The first-order chi connectivity index (χ1) is 13.7. The number of benzene rings is 3. The molecule has 1 aromatic heterocycles. The van der Waals surface area contributed by atoms with E-state index in [0.717, 1.165) is 41.0 Å². The summed E-state index contributed by atoms with van der Waals surface area (Å²) in [5.41, 5.74) is 4.51. The van der Waals surface area contributed by atoms with Crippen molar-refractivity contribution in [1.29, 1.82) is 0 Å². The molecule has 1 amide bonds. The maximum absolute atomic E-state index is 12.5. The molecule has 0 aliphatic rings. The highest BCUT2D eigenvalue weighted by molar-refractivity contribution is 6.04. The van der Waals surface area contributed by atoms with E-state index in [1.807, 2.05) is 48.5 Å². The Balaban J connectivity index is 1.42. The van der Waals surface area contributed by atoms with Gasteiger partial charge in [0.25, 0.3) is 5.91 Å². The van der Waals surface area contributed by atoms with Crippen molar-refractivity contribution >= 4 is 22.6 Å². The van der Waals surface area contributed by atoms with Gasteiger partial charge in [-0.3, -0.25) is 4.79 Å². The van der Waals surface area contributed by atoms with Crippen molar-refractivity contribution in [3.8, 4) is 5.75 Å². The predicted octanol–water partition coefficient (Wildman–Crippen LogP) is 4.61. The number of hydrogen-bond donors (Lipinski definition) is 2. The van der Waals surface area contributed by atoms with E-state index in [2.05, 4.69) is 21.4 Å². The monoisotopic (exact) mass is 371 g/mol. The predicted molar refractivity (Wildman–Crippen MR) is 111 cm³/mol. The van der Waals surface area contributed by atoms with Crippen molar-refractivity contribution in [1.82, 2.24) is 9.97 Å². The molecule has 3 aromatic carbocycles. The fraction of sp³-hybridized carbons (Fsp3) is 0.130. The quantitative estimate of drug-likeness (QED) is 0.520. The van der Waals surface area contributed by atoms with Crippen molar-refractivity contribution in [2.24, 2.45) is 0 Å². The molecule has 0 saturated heterocycles. The zero-order valence-electron chi connectivity index (χ0n) is 15.6. The maximum atomic E-state index is 12.5. The summed E-state index contributed by atoms with van der Waals surface area (Å²) in [6.45, 7) is 0. The summed E-state index contributed by atoms with van der Waals surface area (Å²) in [4.78, 5) is 20.5. The molecule has 4 rings (SSSR count). The van der Waals surface area contributed by atoms with Gasteiger partial charge in [0.2, 0.25) is 0 Å². The van der Waals surface area contributed by atoms with Crippen LogP contribution >= 0.6 is 0 Å². The Hall–Kier alpha value is -3.60. The normalized spacial score (nSPS) is 10.8. The second-order valence-electron chi connectivity index (χ2n) is 6.59. The Labute approximate surface area is 163 Å². The Morgan fingerprint density at radius 3 is 2.71 bits per heavy atom. The number of aromatic nitrogens is 2. The molecule has 0 aliphatic heterocycles. The third-order valence-corrected chi connectivity index (χ3v) is 4.61. The molecule has 0 radical (unpaired) electrons. The van der Waals surface area contributed by atoms with Crippen LogP contribution in [0, 0.1) is 0 Å². The molecule has 0 atom stereocenters. The van der Waals surface area contributed by atoms with Gasteiger partial charge in [-0.1, -0.05) is 30.3 Å².